The van der Waals surface area contributed by atoms with E-state index in [9.17, 15) is 9.59 Å². The number of rotatable bonds is 6. The van der Waals surface area contributed by atoms with Gasteiger partial charge in [-0.2, -0.15) is 0 Å². The molecule has 0 aliphatic rings. The fourth-order valence-corrected chi connectivity index (χ4v) is 3.98. The lowest BCUT2D eigenvalue weighted by Gasteiger charge is -2.32. The summed E-state index contributed by atoms with van der Waals surface area (Å²) < 4.78 is 0. The minimum absolute atomic E-state index is 0.116. The molecule has 0 aromatic heterocycles. The number of hydrogen-bond donors (Lipinski definition) is 2. The van der Waals surface area contributed by atoms with Crippen molar-refractivity contribution in [1.82, 2.24) is 5.32 Å². The summed E-state index contributed by atoms with van der Waals surface area (Å²) in [4.78, 5) is 25.7. The number of carbonyl (C=O) groups is 2. The Morgan fingerprint density at radius 1 is 0.935 bits per heavy atom. The van der Waals surface area contributed by atoms with Crippen LogP contribution in [-0.4, -0.2) is 25.9 Å². The Morgan fingerprint density at radius 2 is 1.39 bits per heavy atom. The Balaban J connectivity index is 2.34. The highest BCUT2D eigenvalue weighted by Crippen LogP contribution is 2.35. The van der Waals surface area contributed by atoms with E-state index in [1.165, 1.54) is 0 Å². The molecule has 0 radical (unpaired) electrons. The first-order valence-corrected chi connectivity index (χ1v) is 13.6. The van der Waals surface area contributed by atoms with Crippen LogP contribution in [0, 0.1) is 11.5 Å². The van der Waals surface area contributed by atoms with Crippen LogP contribution in [0.15, 0.2) is 60.7 Å². The molecule has 0 spiro atoms. The zero-order valence-corrected chi connectivity index (χ0v) is 20.5. The van der Waals surface area contributed by atoms with E-state index in [2.05, 4.69) is 50.6 Å². The van der Waals surface area contributed by atoms with Gasteiger partial charge in [0.25, 0.3) is 0 Å². The van der Waals surface area contributed by atoms with Crippen molar-refractivity contribution in [2.75, 3.05) is 0 Å². The van der Waals surface area contributed by atoms with Crippen molar-refractivity contribution in [3.63, 3.8) is 0 Å². The highest BCUT2D eigenvalue weighted by molar-refractivity contribution is 6.87. The van der Waals surface area contributed by atoms with Gasteiger partial charge >= 0.3 is 0 Å². The van der Waals surface area contributed by atoms with Gasteiger partial charge in [-0.25, -0.2) is 0 Å². The largest absolute Gasteiger partial charge is 0.368 e. The summed E-state index contributed by atoms with van der Waals surface area (Å²) in [5, 5.41) is 2.99. The lowest BCUT2D eigenvalue weighted by Crippen LogP contribution is -2.51. The second-order valence-corrected chi connectivity index (χ2v) is 14.7. The average molecular weight is 435 g/mol. The van der Waals surface area contributed by atoms with Gasteiger partial charge in [-0.05, 0) is 23.1 Å². The molecule has 2 aromatic carbocycles. The van der Waals surface area contributed by atoms with Crippen LogP contribution in [0.1, 0.15) is 45.2 Å². The average Bonchev–Trinajstić information content (AvgIpc) is 2.72. The third kappa shape index (κ3) is 5.65. The zero-order valence-electron chi connectivity index (χ0n) is 19.5. The smallest absolute Gasteiger partial charge is 0.240 e. The van der Waals surface area contributed by atoms with E-state index in [0.29, 0.717) is 0 Å². The molecule has 164 valence electrons. The van der Waals surface area contributed by atoms with Gasteiger partial charge in [0.1, 0.15) is 14.1 Å². The first-order chi connectivity index (χ1) is 14.4. The molecule has 4 nitrogen and oxygen atoms in total. The van der Waals surface area contributed by atoms with Gasteiger partial charge in [0.15, 0.2) is 0 Å². The number of nitrogens with one attached hydrogen (secondary N) is 1. The fourth-order valence-electron chi connectivity index (χ4n) is 3.06. The second-order valence-electron chi connectivity index (χ2n) is 9.67. The van der Waals surface area contributed by atoms with Crippen LogP contribution < -0.4 is 11.1 Å². The molecule has 0 unspecified atom stereocenters. The van der Waals surface area contributed by atoms with Crippen molar-refractivity contribution in [1.29, 1.82) is 0 Å². The first kappa shape index (κ1) is 24.4. The number of benzene rings is 2. The number of hydrogen-bond acceptors (Lipinski definition) is 2. The topological polar surface area (TPSA) is 72.2 Å². The third-order valence-corrected chi connectivity index (χ3v) is 10.9. The number of amides is 2. The Hall–Kier alpha value is -2.84. The standard InChI is InChI=1S/C26H34N2O2Si/c1-25(2,3)31(5,6)19-13-18-22(23(27)29)28-24(30)26(4,20-14-9-7-10-15-20)21-16-11-8-12-17-21/h7-12,14-17,22H,18H2,1-6H3,(H2,27,29)(H,28,30)/t22-/m0/s1. The molecule has 5 heteroatoms. The van der Waals surface area contributed by atoms with E-state index in [4.69, 9.17) is 5.73 Å². The van der Waals surface area contributed by atoms with Crippen molar-refractivity contribution in [2.45, 2.75) is 63.7 Å². The van der Waals surface area contributed by atoms with E-state index < -0.39 is 25.4 Å². The quantitative estimate of drug-likeness (QED) is 0.522. The van der Waals surface area contributed by atoms with Crippen molar-refractivity contribution in [2.24, 2.45) is 5.73 Å². The predicted molar refractivity (Wildman–Crippen MR) is 130 cm³/mol. The molecule has 0 bridgehead atoms. The molecule has 0 fully saturated rings. The Bertz CT molecular complexity index is 928. The molecular formula is C26H34N2O2Si. The zero-order chi connectivity index (χ0) is 23.3. The molecule has 0 heterocycles. The molecule has 2 amide bonds. The van der Waals surface area contributed by atoms with Gasteiger partial charge < -0.3 is 11.1 Å². The Kier molecular flexibility index (Phi) is 7.51. The fraction of sp³-hybridized carbons (Fsp3) is 0.385. The minimum Gasteiger partial charge on any atom is -0.368 e. The van der Waals surface area contributed by atoms with E-state index in [-0.39, 0.29) is 17.4 Å². The van der Waals surface area contributed by atoms with Crippen LogP contribution in [0.2, 0.25) is 18.1 Å². The molecule has 1 atom stereocenters. The Morgan fingerprint density at radius 3 is 1.77 bits per heavy atom. The van der Waals surface area contributed by atoms with Gasteiger partial charge in [-0.15, -0.1) is 11.5 Å². The summed E-state index contributed by atoms with van der Waals surface area (Å²) in [5.41, 5.74) is 9.74. The summed E-state index contributed by atoms with van der Waals surface area (Å²) in [7, 11) is -1.81. The van der Waals surface area contributed by atoms with Crippen LogP contribution >= 0.6 is 0 Å². The third-order valence-electron chi connectivity index (χ3n) is 6.39. The summed E-state index contributed by atoms with van der Waals surface area (Å²) in [6, 6.07) is 18.3. The highest BCUT2D eigenvalue weighted by Gasteiger charge is 2.38. The van der Waals surface area contributed by atoms with E-state index in [1.54, 1.807) is 0 Å². The summed E-state index contributed by atoms with van der Waals surface area (Å²) >= 11 is 0. The van der Waals surface area contributed by atoms with Crippen LogP contribution in [0.5, 0.6) is 0 Å². The van der Waals surface area contributed by atoms with Crippen molar-refractivity contribution >= 4 is 19.9 Å². The number of carbonyl (C=O) groups excluding carboxylic acids is 2. The number of primary amides is 1. The van der Waals surface area contributed by atoms with E-state index in [1.807, 2.05) is 67.6 Å². The first-order valence-electron chi connectivity index (χ1n) is 10.6. The van der Waals surface area contributed by atoms with E-state index >= 15 is 0 Å². The normalized spacial score (nSPS) is 13.0. The molecule has 2 aromatic rings. The molecule has 0 saturated carbocycles. The lowest BCUT2D eigenvalue weighted by molar-refractivity contribution is -0.129. The van der Waals surface area contributed by atoms with Gasteiger partial charge in [0, 0.05) is 6.42 Å². The van der Waals surface area contributed by atoms with Crippen molar-refractivity contribution in [3.8, 4) is 11.5 Å². The van der Waals surface area contributed by atoms with Gasteiger partial charge in [-0.1, -0.05) is 94.5 Å². The molecule has 0 aliphatic heterocycles. The van der Waals surface area contributed by atoms with Crippen molar-refractivity contribution < 1.29 is 9.59 Å². The maximum Gasteiger partial charge on any atom is 0.240 e. The molecule has 0 saturated heterocycles. The molecule has 31 heavy (non-hydrogen) atoms. The second kappa shape index (κ2) is 9.53. The Labute approximate surface area is 187 Å². The minimum atomic E-state index is -1.81. The van der Waals surface area contributed by atoms with Crippen LogP contribution in [0.25, 0.3) is 0 Å². The maximum atomic E-state index is 13.5. The lowest BCUT2D eigenvalue weighted by atomic mass is 9.75. The van der Waals surface area contributed by atoms with Gasteiger partial charge in [0.2, 0.25) is 11.8 Å². The van der Waals surface area contributed by atoms with Gasteiger partial charge in [0.05, 0.1) is 5.41 Å². The van der Waals surface area contributed by atoms with Crippen LogP contribution in [-0.2, 0) is 15.0 Å². The molecule has 0 aliphatic carbocycles. The molecule has 3 N–H and O–H groups in total. The monoisotopic (exact) mass is 434 g/mol. The van der Waals surface area contributed by atoms with E-state index in [0.717, 1.165) is 11.1 Å². The van der Waals surface area contributed by atoms with Crippen molar-refractivity contribution in [3.05, 3.63) is 71.8 Å². The molecule has 2 rings (SSSR count). The summed E-state index contributed by atoms with van der Waals surface area (Å²) in [6.07, 6.45) is 0.202. The van der Waals surface area contributed by atoms with Crippen LogP contribution in [0.4, 0.5) is 0 Å². The summed E-state index contributed by atoms with van der Waals surface area (Å²) in [6.45, 7) is 12.8. The SMILES string of the molecule is CC(C(=O)N[C@@H](CC#C[Si](C)(C)C(C)(C)C)C(N)=O)(c1ccccc1)c1ccccc1. The molecular weight excluding hydrogens is 400 g/mol. The maximum absolute atomic E-state index is 13.5. The highest BCUT2D eigenvalue weighted by atomic mass is 28.3. The van der Waals surface area contributed by atoms with Crippen LogP contribution in [0.3, 0.4) is 0 Å². The number of nitrogens with two attached hydrogens (primary N) is 1. The predicted octanol–water partition coefficient (Wildman–Crippen LogP) is 4.40. The van der Waals surface area contributed by atoms with Gasteiger partial charge in [-0.3, -0.25) is 9.59 Å². The summed E-state index contributed by atoms with van der Waals surface area (Å²) in [5.74, 6) is 2.29.